The first-order valence-corrected chi connectivity index (χ1v) is 8.01. The summed E-state index contributed by atoms with van der Waals surface area (Å²) in [5.74, 6) is 0.186. The van der Waals surface area contributed by atoms with Crippen LogP contribution < -0.4 is 5.32 Å². The number of aromatic nitrogens is 3. The summed E-state index contributed by atoms with van der Waals surface area (Å²) in [6.07, 6.45) is 5.54. The maximum atomic E-state index is 12.3. The van der Waals surface area contributed by atoms with Crippen LogP contribution in [0.15, 0.2) is 6.33 Å². The van der Waals surface area contributed by atoms with Gasteiger partial charge in [0, 0.05) is 40.3 Å². The highest BCUT2D eigenvalue weighted by Crippen LogP contribution is 2.49. The lowest BCUT2D eigenvalue weighted by Crippen LogP contribution is -2.56. The number of nitrogens with zero attached hydrogens (tertiary/aromatic N) is 5. The summed E-state index contributed by atoms with van der Waals surface area (Å²) in [5.41, 5.74) is 0.290. The van der Waals surface area contributed by atoms with Gasteiger partial charge < -0.3 is 15.1 Å². The molecule has 0 radical (unpaired) electrons. The van der Waals surface area contributed by atoms with Crippen LogP contribution in [-0.2, 0) is 7.05 Å². The van der Waals surface area contributed by atoms with Gasteiger partial charge in [-0.1, -0.05) is 0 Å². The fraction of sp³-hybridized carbons (Fsp3) is 0.733. The Balaban J connectivity index is 1.48. The van der Waals surface area contributed by atoms with Gasteiger partial charge >= 0.3 is 6.03 Å². The van der Waals surface area contributed by atoms with Gasteiger partial charge in [-0.3, -0.25) is 9.48 Å². The first-order chi connectivity index (χ1) is 10.9. The third kappa shape index (κ3) is 3.16. The minimum atomic E-state index is -0.0859. The van der Waals surface area contributed by atoms with Gasteiger partial charge in [0.2, 0.25) is 5.82 Å². The van der Waals surface area contributed by atoms with Crippen molar-refractivity contribution in [3.05, 3.63) is 12.2 Å². The third-order valence-corrected chi connectivity index (χ3v) is 4.99. The molecule has 3 rings (SSSR count). The lowest BCUT2D eigenvalue weighted by molar-refractivity contribution is 0.00968. The number of rotatable bonds is 2. The molecule has 3 amide bonds. The zero-order valence-corrected chi connectivity index (χ0v) is 13.9. The molecule has 1 N–H and O–H groups in total. The highest BCUT2D eigenvalue weighted by Gasteiger charge is 2.47. The van der Waals surface area contributed by atoms with Crippen molar-refractivity contribution < 1.29 is 9.59 Å². The van der Waals surface area contributed by atoms with E-state index in [2.05, 4.69) is 15.4 Å². The Kier molecular flexibility index (Phi) is 3.99. The number of hydrogen-bond acceptors (Lipinski definition) is 4. The highest BCUT2D eigenvalue weighted by atomic mass is 16.2. The van der Waals surface area contributed by atoms with Gasteiger partial charge in [-0.2, -0.15) is 0 Å². The van der Waals surface area contributed by atoms with Crippen LogP contribution in [0.5, 0.6) is 0 Å². The Bertz CT molecular complexity index is 595. The minimum Gasteiger partial charge on any atom is -0.336 e. The van der Waals surface area contributed by atoms with Crippen molar-refractivity contribution in [2.75, 3.05) is 27.2 Å². The second-order valence-electron chi connectivity index (χ2n) is 6.98. The zero-order chi connectivity index (χ0) is 16.6. The van der Waals surface area contributed by atoms with Crippen LogP contribution in [-0.4, -0.2) is 69.7 Å². The molecule has 8 nitrogen and oxygen atoms in total. The summed E-state index contributed by atoms with van der Waals surface area (Å²) in [4.78, 5) is 31.4. The number of hydrogen-bond donors (Lipinski definition) is 1. The van der Waals surface area contributed by atoms with Gasteiger partial charge in [-0.05, 0) is 31.1 Å². The number of urea groups is 1. The Hall–Kier alpha value is -2.12. The molecule has 1 saturated heterocycles. The van der Waals surface area contributed by atoms with E-state index in [0.717, 1.165) is 38.8 Å². The van der Waals surface area contributed by atoms with Crippen LogP contribution in [0, 0.1) is 5.41 Å². The van der Waals surface area contributed by atoms with Crippen LogP contribution in [0.2, 0.25) is 0 Å². The van der Waals surface area contributed by atoms with E-state index < -0.39 is 0 Å². The highest BCUT2D eigenvalue weighted by molar-refractivity contribution is 5.90. The molecule has 126 valence electrons. The normalized spacial score (nSPS) is 20.2. The third-order valence-electron chi connectivity index (χ3n) is 4.99. The second kappa shape index (κ2) is 5.82. The summed E-state index contributed by atoms with van der Waals surface area (Å²) in [6, 6.07) is 0.239. The molecule has 1 aromatic heterocycles. The molecular weight excluding hydrogens is 296 g/mol. The number of carbonyl (C=O) groups is 2. The first-order valence-electron chi connectivity index (χ1n) is 8.01. The van der Waals surface area contributed by atoms with Gasteiger partial charge in [0.25, 0.3) is 5.91 Å². The molecule has 0 atom stereocenters. The summed E-state index contributed by atoms with van der Waals surface area (Å²) >= 11 is 0. The predicted octanol–water partition coefficient (Wildman–Crippen LogP) is 0.471. The maximum Gasteiger partial charge on any atom is 0.317 e. The fourth-order valence-corrected chi connectivity index (χ4v) is 3.56. The predicted molar refractivity (Wildman–Crippen MR) is 83.8 cm³/mol. The molecule has 2 heterocycles. The quantitative estimate of drug-likeness (QED) is 0.859. The molecule has 23 heavy (non-hydrogen) atoms. The van der Waals surface area contributed by atoms with Crippen molar-refractivity contribution in [1.29, 1.82) is 0 Å². The molecule has 8 heteroatoms. The molecule has 0 unspecified atom stereocenters. The van der Waals surface area contributed by atoms with E-state index in [0.29, 0.717) is 5.41 Å². The zero-order valence-electron chi connectivity index (χ0n) is 13.9. The van der Waals surface area contributed by atoms with Crippen LogP contribution in [0.4, 0.5) is 4.79 Å². The summed E-state index contributed by atoms with van der Waals surface area (Å²) in [5, 5.41) is 7.11. The molecule has 0 aromatic carbocycles. The number of carbonyl (C=O) groups excluding carboxylic acids is 2. The van der Waals surface area contributed by atoms with Crippen LogP contribution in [0.3, 0.4) is 0 Å². The van der Waals surface area contributed by atoms with Crippen LogP contribution in [0.1, 0.15) is 36.3 Å². The Morgan fingerprint density at radius 3 is 2.48 bits per heavy atom. The van der Waals surface area contributed by atoms with Crippen molar-refractivity contribution in [3.63, 3.8) is 0 Å². The molecule has 1 aliphatic carbocycles. The first kappa shape index (κ1) is 15.8. The molecule has 2 fully saturated rings. The second-order valence-corrected chi connectivity index (χ2v) is 6.98. The maximum absolute atomic E-state index is 12.3. The summed E-state index contributed by atoms with van der Waals surface area (Å²) < 4.78 is 1.54. The van der Waals surface area contributed by atoms with Gasteiger partial charge in [0.05, 0.1) is 0 Å². The fourth-order valence-electron chi connectivity index (χ4n) is 3.56. The molecule has 1 spiro atoms. The number of piperidine rings is 1. The van der Waals surface area contributed by atoms with Crippen molar-refractivity contribution in [1.82, 2.24) is 29.9 Å². The van der Waals surface area contributed by atoms with Gasteiger partial charge in [-0.15, -0.1) is 5.10 Å². The Labute approximate surface area is 135 Å². The largest absolute Gasteiger partial charge is 0.336 e. The molecule has 0 bridgehead atoms. The van der Waals surface area contributed by atoms with Gasteiger partial charge in [0.15, 0.2) is 0 Å². The SMILES string of the molecule is CN(C)C(=O)NC1CC2(CCN(C(=O)c3ncn(C)n3)CC2)C1. The monoisotopic (exact) mass is 320 g/mol. The van der Waals surface area contributed by atoms with E-state index in [1.54, 1.807) is 37.1 Å². The minimum absolute atomic E-state index is 0.0290. The van der Waals surface area contributed by atoms with E-state index >= 15 is 0 Å². The van der Waals surface area contributed by atoms with Gasteiger partial charge in [0.1, 0.15) is 6.33 Å². The molecule has 1 saturated carbocycles. The number of likely N-dealkylation sites (tertiary alicyclic amines) is 1. The summed E-state index contributed by atoms with van der Waals surface area (Å²) in [6.45, 7) is 1.48. The lowest BCUT2D eigenvalue weighted by atomic mass is 9.60. The average molecular weight is 320 g/mol. The molecular formula is C15H24N6O2. The van der Waals surface area contributed by atoms with Gasteiger partial charge in [-0.25, -0.2) is 9.78 Å². The van der Waals surface area contributed by atoms with Crippen LogP contribution in [0.25, 0.3) is 0 Å². The molecule has 2 aliphatic rings. The Morgan fingerprint density at radius 1 is 1.30 bits per heavy atom. The van der Waals surface area contributed by atoms with Crippen molar-refractivity contribution >= 4 is 11.9 Å². The lowest BCUT2D eigenvalue weighted by Gasteiger charge is -2.52. The Morgan fingerprint density at radius 2 is 1.96 bits per heavy atom. The topological polar surface area (TPSA) is 83.4 Å². The van der Waals surface area contributed by atoms with E-state index in [1.807, 2.05) is 4.90 Å². The van der Waals surface area contributed by atoms with Crippen molar-refractivity contribution in [2.24, 2.45) is 12.5 Å². The average Bonchev–Trinajstić information content (AvgIpc) is 2.92. The standard InChI is InChI=1S/C15H24N6O2/c1-19(2)14(23)17-11-8-15(9-11)4-6-21(7-5-15)13(22)12-16-10-20(3)18-12/h10-11H,4-9H2,1-3H3,(H,17,23). The van der Waals surface area contributed by atoms with Crippen molar-refractivity contribution in [3.8, 4) is 0 Å². The van der Waals surface area contributed by atoms with E-state index in [9.17, 15) is 9.59 Å². The van der Waals surface area contributed by atoms with E-state index in [1.165, 1.54) is 0 Å². The number of nitrogens with one attached hydrogen (secondary N) is 1. The van der Waals surface area contributed by atoms with Crippen molar-refractivity contribution in [2.45, 2.75) is 31.7 Å². The molecule has 1 aromatic rings. The van der Waals surface area contributed by atoms with E-state index in [4.69, 9.17) is 0 Å². The van der Waals surface area contributed by atoms with E-state index in [-0.39, 0.29) is 23.8 Å². The van der Waals surface area contributed by atoms with Crippen LogP contribution >= 0.6 is 0 Å². The smallest absolute Gasteiger partial charge is 0.317 e. The number of aryl methyl sites for hydroxylation is 1. The summed E-state index contributed by atoms with van der Waals surface area (Å²) in [7, 11) is 5.25. The number of amides is 3. The molecule has 1 aliphatic heterocycles.